The highest BCUT2D eigenvalue weighted by molar-refractivity contribution is 6.06. The number of nitrogens with zero attached hydrogens (tertiary/aromatic N) is 2. The Morgan fingerprint density at radius 2 is 1.79 bits per heavy atom. The molecular formula is C23H29N3O2. The van der Waals surface area contributed by atoms with Gasteiger partial charge in [-0.05, 0) is 63.6 Å². The van der Waals surface area contributed by atoms with E-state index in [4.69, 9.17) is 0 Å². The molecule has 3 fully saturated rings. The Morgan fingerprint density at radius 1 is 1.00 bits per heavy atom. The molecule has 148 valence electrons. The van der Waals surface area contributed by atoms with Crippen molar-refractivity contribution in [3.05, 3.63) is 46.4 Å². The second kappa shape index (κ2) is 7.36. The van der Waals surface area contributed by atoms with Gasteiger partial charge in [0.2, 0.25) is 0 Å². The predicted octanol–water partition coefficient (Wildman–Crippen LogP) is 3.33. The van der Waals surface area contributed by atoms with E-state index in [0.717, 1.165) is 24.8 Å². The lowest BCUT2D eigenvalue weighted by Gasteiger charge is -2.44. The van der Waals surface area contributed by atoms with Crippen LogP contribution in [0.15, 0.2) is 35.3 Å². The average Bonchev–Trinajstić information content (AvgIpc) is 3.58. The Labute approximate surface area is 165 Å². The van der Waals surface area contributed by atoms with Crippen molar-refractivity contribution in [2.75, 3.05) is 19.6 Å². The minimum absolute atomic E-state index is 0.0276. The number of piperidine rings is 2. The molecule has 0 bridgehead atoms. The number of nitrogens with one attached hydrogen (secondary N) is 1. The number of fused-ring (bicyclic) bond motifs is 2. The lowest BCUT2D eigenvalue weighted by molar-refractivity contribution is 0.0576. The number of amides is 1. The number of hydrogen-bond acceptors (Lipinski definition) is 3. The summed E-state index contributed by atoms with van der Waals surface area (Å²) in [5.74, 6) is 0.497. The van der Waals surface area contributed by atoms with Crippen LogP contribution in [0, 0.1) is 5.92 Å². The smallest absolute Gasteiger partial charge is 0.258 e. The summed E-state index contributed by atoms with van der Waals surface area (Å²) in [6, 6.07) is 8.40. The second-order valence-electron chi connectivity index (χ2n) is 8.74. The molecule has 2 aliphatic heterocycles. The molecule has 2 saturated heterocycles. The number of benzene rings is 1. The molecular weight excluding hydrogens is 350 g/mol. The normalized spacial score (nSPS) is 25.4. The van der Waals surface area contributed by atoms with E-state index in [0.29, 0.717) is 22.9 Å². The maximum atomic E-state index is 13.1. The summed E-state index contributed by atoms with van der Waals surface area (Å²) in [7, 11) is 0. The zero-order valence-corrected chi connectivity index (χ0v) is 16.4. The van der Waals surface area contributed by atoms with Crippen molar-refractivity contribution in [2.24, 2.45) is 5.92 Å². The van der Waals surface area contributed by atoms with Gasteiger partial charge >= 0.3 is 0 Å². The molecule has 1 aromatic heterocycles. The van der Waals surface area contributed by atoms with Crippen LogP contribution in [0.5, 0.6) is 0 Å². The molecule has 3 aliphatic rings. The van der Waals surface area contributed by atoms with Gasteiger partial charge in [-0.15, -0.1) is 0 Å². The lowest BCUT2D eigenvalue weighted by atomic mass is 9.83. The molecule has 1 aromatic carbocycles. The molecule has 1 amide bonds. The van der Waals surface area contributed by atoms with E-state index in [2.05, 4.69) is 10.2 Å². The van der Waals surface area contributed by atoms with Crippen molar-refractivity contribution in [3.8, 4) is 0 Å². The number of rotatable bonds is 4. The van der Waals surface area contributed by atoms with Gasteiger partial charge in [-0.3, -0.25) is 9.59 Å². The molecule has 3 heterocycles. The van der Waals surface area contributed by atoms with Crippen molar-refractivity contribution in [3.63, 3.8) is 0 Å². The summed E-state index contributed by atoms with van der Waals surface area (Å²) in [5.41, 5.74) is 0.665. The molecule has 5 heteroatoms. The standard InChI is InChI=1S/C23H29N3O2/c27-22(24-14-16-6-5-13-25-12-4-3-9-21(16)25)20-15-26(17-10-11-17)23(28)19-8-2-1-7-18(19)20/h1-2,7-8,15-17,21H,3-6,9-14H2,(H,24,27)/t16-,21+/m0/s1. The molecule has 1 N–H and O–H groups in total. The summed E-state index contributed by atoms with van der Waals surface area (Å²) >= 11 is 0. The molecule has 1 aliphatic carbocycles. The molecule has 0 spiro atoms. The predicted molar refractivity (Wildman–Crippen MR) is 111 cm³/mol. The first-order chi connectivity index (χ1) is 13.7. The highest BCUT2D eigenvalue weighted by atomic mass is 16.2. The fourth-order valence-electron chi connectivity index (χ4n) is 5.25. The van der Waals surface area contributed by atoms with E-state index < -0.39 is 0 Å². The van der Waals surface area contributed by atoms with Crippen LogP contribution in [0.4, 0.5) is 0 Å². The van der Waals surface area contributed by atoms with E-state index in [1.165, 1.54) is 45.2 Å². The van der Waals surface area contributed by atoms with Crippen LogP contribution in [-0.4, -0.2) is 41.1 Å². The Bertz CT molecular complexity index is 945. The number of carbonyl (C=O) groups excluding carboxylic acids is 1. The van der Waals surface area contributed by atoms with Gasteiger partial charge in [-0.1, -0.05) is 24.6 Å². The average molecular weight is 380 g/mol. The first-order valence-electron chi connectivity index (χ1n) is 10.9. The minimum Gasteiger partial charge on any atom is -0.352 e. The molecule has 28 heavy (non-hydrogen) atoms. The number of carbonyl (C=O) groups is 1. The van der Waals surface area contributed by atoms with E-state index >= 15 is 0 Å². The molecule has 0 unspecified atom stereocenters. The topological polar surface area (TPSA) is 54.3 Å². The van der Waals surface area contributed by atoms with E-state index in [1.807, 2.05) is 24.3 Å². The fourth-order valence-corrected chi connectivity index (χ4v) is 5.25. The SMILES string of the molecule is O=C(NC[C@@H]1CCCN2CCCC[C@H]12)c1cn(C2CC2)c(=O)c2ccccc12. The quantitative estimate of drug-likeness (QED) is 0.887. The van der Waals surface area contributed by atoms with Crippen molar-refractivity contribution in [2.45, 2.75) is 57.0 Å². The molecule has 2 atom stereocenters. The van der Waals surface area contributed by atoms with Gasteiger partial charge in [-0.25, -0.2) is 0 Å². The maximum absolute atomic E-state index is 13.1. The Kier molecular flexibility index (Phi) is 4.71. The van der Waals surface area contributed by atoms with Gasteiger partial charge in [0, 0.05) is 35.6 Å². The third-order valence-corrected chi connectivity index (χ3v) is 6.89. The third kappa shape index (κ3) is 3.26. The van der Waals surface area contributed by atoms with Crippen molar-refractivity contribution in [1.29, 1.82) is 0 Å². The Balaban J connectivity index is 1.39. The van der Waals surface area contributed by atoms with Crippen LogP contribution in [0.25, 0.3) is 10.8 Å². The molecule has 5 rings (SSSR count). The van der Waals surface area contributed by atoms with Crippen LogP contribution in [0.3, 0.4) is 0 Å². The summed E-state index contributed by atoms with van der Waals surface area (Å²) in [5, 5.41) is 4.64. The van der Waals surface area contributed by atoms with E-state index in [-0.39, 0.29) is 17.5 Å². The van der Waals surface area contributed by atoms with Gasteiger partial charge < -0.3 is 14.8 Å². The Hall–Kier alpha value is -2.14. The van der Waals surface area contributed by atoms with Crippen molar-refractivity contribution in [1.82, 2.24) is 14.8 Å². The monoisotopic (exact) mass is 379 g/mol. The third-order valence-electron chi connectivity index (χ3n) is 6.89. The van der Waals surface area contributed by atoms with Crippen molar-refractivity contribution >= 4 is 16.7 Å². The van der Waals surface area contributed by atoms with Crippen LogP contribution < -0.4 is 10.9 Å². The number of pyridine rings is 1. The highest BCUT2D eigenvalue weighted by Crippen LogP contribution is 2.34. The highest BCUT2D eigenvalue weighted by Gasteiger charge is 2.33. The zero-order valence-electron chi connectivity index (χ0n) is 16.4. The summed E-state index contributed by atoms with van der Waals surface area (Å²) in [4.78, 5) is 28.5. The molecule has 0 radical (unpaired) electrons. The van der Waals surface area contributed by atoms with Gasteiger partial charge in [0.05, 0.1) is 5.56 Å². The van der Waals surface area contributed by atoms with Gasteiger partial charge in [0.15, 0.2) is 0 Å². The van der Waals surface area contributed by atoms with Crippen LogP contribution >= 0.6 is 0 Å². The van der Waals surface area contributed by atoms with Crippen molar-refractivity contribution < 1.29 is 4.79 Å². The fraction of sp³-hybridized carbons (Fsp3) is 0.565. The molecule has 5 nitrogen and oxygen atoms in total. The number of aromatic nitrogens is 1. The minimum atomic E-state index is -0.0430. The van der Waals surface area contributed by atoms with Gasteiger partial charge in [0.1, 0.15) is 0 Å². The van der Waals surface area contributed by atoms with Crippen LogP contribution in [-0.2, 0) is 0 Å². The van der Waals surface area contributed by atoms with Gasteiger partial charge in [0.25, 0.3) is 11.5 Å². The van der Waals surface area contributed by atoms with Gasteiger partial charge in [-0.2, -0.15) is 0 Å². The summed E-state index contributed by atoms with van der Waals surface area (Å²) < 4.78 is 1.78. The zero-order chi connectivity index (χ0) is 19.1. The summed E-state index contributed by atoms with van der Waals surface area (Å²) in [6.45, 7) is 3.16. The second-order valence-corrected chi connectivity index (χ2v) is 8.74. The maximum Gasteiger partial charge on any atom is 0.258 e. The Morgan fingerprint density at radius 3 is 2.61 bits per heavy atom. The van der Waals surface area contributed by atoms with E-state index in [9.17, 15) is 9.59 Å². The lowest BCUT2D eigenvalue weighted by Crippen LogP contribution is -2.51. The van der Waals surface area contributed by atoms with Crippen LogP contribution in [0.1, 0.15) is 61.3 Å². The van der Waals surface area contributed by atoms with Crippen LogP contribution in [0.2, 0.25) is 0 Å². The first-order valence-corrected chi connectivity index (χ1v) is 10.9. The molecule has 2 aromatic rings. The largest absolute Gasteiger partial charge is 0.352 e. The van der Waals surface area contributed by atoms with E-state index in [1.54, 1.807) is 10.8 Å². The summed E-state index contributed by atoms with van der Waals surface area (Å²) in [6.07, 6.45) is 10.2. The number of hydrogen-bond donors (Lipinski definition) is 1. The molecule has 1 saturated carbocycles. The first kappa shape index (κ1) is 17.9.